The summed E-state index contributed by atoms with van der Waals surface area (Å²) in [4.78, 5) is 20.9. The van der Waals surface area contributed by atoms with Crippen LogP contribution in [0.25, 0.3) is 10.9 Å². The highest BCUT2D eigenvalue weighted by Gasteiger charge is 2.23. The summed E-state index contributed by atoms with van der Waals surface area (Å²) in [6, 6.07) is 13.5. The first-order valence-electron chi connectivity index (χ1n) is 7.94. The van der Waals surface area contributed by atoms with Crippen LogP contribution in [-0.2, 0) is 0 Å². The molecule has 5 nitrogen and oxygen atoms in total. The zero-order valence-electron chi connectivity index (χ0n) is 13.8. The zero-order chi connectivity index (χ0) is 18.3. The maximum Gasteiger partial charge on any atom is 0.209 e. The molecule has 4 N–H and O–H groups in total. The van der Waals surface area contributed by atoms with E-state index in [4.69, 9.17) is 5.73 Å². The number of hydrogen-bond donors (Lipinski definition) is 3. The molecule has 130 valence electrons. The molecule has 0 atom stereocenters. The fourth-order valence-corrected chi connectivity index (χ4v) is 3.74. The number of carbonyl (C=O) groups is 1. The summed E-state index contributed by atoms with van der Waals surface area (Å²) in [6.07, 6.45) is 0. The van der Waals surface area contributed by atoms with Gasteiger partial charge in [-0.05, 0) is 37.3 Å². The summed E-state index contributed by atoms with van der Waals surface area (Å²) in [6.45, 7) is 1.86. The van der Waals surface area contributed by atoms with E-state index in [-0.39, 0.29) is 17.4 Å². The first kappa shape index (κ1) is 16.3. The van der Waals surface area contributed by atoms with Crippen molar-refractivity contribution in [1.29, 1.82) is 0 Å². The maximum atomic E-state index is 13.1. The number of thiazole rings is 1. The summed E-state index contributed by atoms with van der Waals surface area (Å²) < 4.78 is 13.0. The molecule has 0 aliphatic heterocycles. The van der Waals surface area contributed by atoms with Gasteiger partial charge in [-0.25, -0.2) is 9.37 Å². The molecule has 0 saturated carbocycles. The Morgan fingerprint density at radius 1 is 1.19 bits per heavy atom. The van der Waals surface area contributed by atoms with Crippen molar-refractivity contribution in [2.45, 2.75) is 6.92 Å². The number of nitrogens with two attached hydrogens (primary N) is 1. The minimum atomic E-state index is -0.320. The number of hydrogen-bond acceptors (Lipinski definition) is 5. The molecule has 0 unspecified atom stereocenters. The fraction of sp³-hybridized carbons (Fsp3) is 0.0526. The molecule has 0 bridgehead atoms. The van der Waals surface area contributed by atoms with Gasteiger partial charge >= 0.3 is 0 Å². The number of halogens is 1. The van der Waals surface area contributed by atoms with Crippen LogP contribution >= 0.6 is 11.3 Å². The second-order valence-corrected chi connectivity index (χ2v) is 6.86. The van der Waals surface area contributed by atoms with Crippen LogP contribution < -0.4 is 11.1 Å². The number of para-hydroxylation sites is 1. The number of rotatable bonds is 4. The van der Waals surface area contributed by atoms with Gasteiger partial charge in [0.15, 0.2) is 5.13 Å². The number of aromatic nitrogens is 2. The van der Waals surface area contributed by atoms with E-state index in [9.17, 15) is 9.18 Å². The molecular weight excluding hydrogens is 351 g/mol. The normalized spacial score (nSPS) is 11.0. The molecule has 0 aliphatic carbocycles. The number of fused-ring (bicyclic) bond motifs is 1. The lowest BCUT2D eigenvalue weighted by Crippen LogP contribution is -2.03. The highest BCUT2D eigenvalue weighted by atomic mass is 32.1. The molecule has 2 aromatic heterocycles. The number of carbonyl (C=O) groups excluding carboxylic acids is 1. The van der Waals surface area contributed by atoms with Crippen LogP contribution in [-0.4, -0.2) is 15.8 Å². The number of anilines is 3. The van der Waals surface area contributed by atoms with Gasteiger partial charge in [-0.3, -0.25) is 4.79 Å². The minimum absolute atomic E-state index is 0.165. The quantitative estimate of drug-likeness (QED) is 0.460. The third kappa shape index (κ3) is 2.82. The zero-order valence-corrected chi connectivity index (χ0v) is 14.7. The lowest BCUT2D eigenvalue weighted by molar-refractivity contribution is 0.104. The first-order valence-corrected chi connectivity index (χ1v) is 8.75. The number of aryl methyl sites for hydroxylation is 1. The number of nitrogens with one attached hydrogen (secondary N) is 2. The third-order valence-corrected chi connectivity index (χ3v) is 5.06. The molecule has 7 heteroatoms. The van der Waals surface area contributed by atoms with E-state index in [1.54, 1.807) is 12.1 Å². The molecule has 0 radical (unpaired) electrons. The van der Waals surface area contributed by atoms with Crippen molar-refractivity contribution in [1.82, 2.24) is 9.97 Å². The Bertz CT molecular complexity index is 1110. The van der Waals surface area contributed by atoms with E-state index in [1.807, 2.05) is 31.2 Å². The Morgan fingerprint density at radius 3 is 2.69 bits per heavy atom. The van der Waals surface area contributed by atoms with Crippen LogP contribution in [0.4, 0.5) is 21.0 Å². The van der Waals surface area contributed by atoms with E-state index in [0.717, 1.165) is 16.6 Å². The highest BCUT2D eigenvalue weighted by molar-refractivity contribution is 7.18. The molecule has 26 heavy (non-hydrogen) atoms. The van der Waals surface area contributed by atoms with E-state index < -0.39 is 0 Å². The molecule has 2 heterocycles. The van der Waals surface area contributed by atoms with Crippen LogP contribution in [0.2, 0.25) is 0 Å². The van der Waals surface area contributed by atoms with Crippen molar-refractivity contribution < 1.29 is 9.18 Å². The largest absolute Gasteiger partial charge is 0.382 e. The van der Waals surface area contributed by atoms with E-state index in [2.05, 4.69) is 15.3 Å². The Kier molecular flexibility index (Phi) is 3.93. The Labute approximate surface area is 152 Å². The van der Waals surface area contributed by atoms with Gasteiger partial charge in [-0.15, -0.1) is 0 Å². The van der Waals surface area contributed by atoms with Gasteiger partial charge in [-0.1, -0.05) is 29.5 Å². The molecular formula is C19H15FN4OS. The second-order valence-electron chi connectivity index (χ2n) is 5.86. The molecule has 0 saturated heterocycles. The predicted octanol–water partition coefficient (Wildman–Crippen LogP) is 4.63. The van der Waals surface area contributed by atoms with Gasteiger partial charge in [0.1, 0.15) is 16.5 Å². The van der Waals surface area contributed by atoms with Gasteiger partial charge in [-0.2, -0.15) is 0 Å². The first-order chi connectivity index (χ1) is 12.5. The van der Waals surface area contributed by atoms with Crippen molar-refractivity contribution in [2.75, 3.05) is 11.1 Å². The molecule has 2 aromatic carbocycles. The number of H-pyrrole nitrogens is 1. The van der Waals surface area contributed by atoms with Crippen molar-refractivity contribution in [3.05, 3.63) is 70.5 Å². The summed E-state index contributed by atoms with van der Waals surface area (Å²) >= 11 is 1.18. The topological polar surface area (TPSA) is 83.8 Å². The monoisotopic (exact) mass is 366 g/mol. The number of aromatic amines is 1. The standard InChI is InChI=1S/C19H15FN4OS/c1-10-15(13-4-2-3-5-14(13)22-10)16(25)17-18(21)24-19(26-17)23-12-8-6-11(20)7-9-12/h2-9,22H,21H2,1H3,(H,23,24). The van der Waals surface area contributed by atoms with Gasteiger partial charge in [0, 0.05) is 22.3 Å². The smallest absolute Gasteiger partial charge is 0.209 e. The summed E-state index contributed by atoms with van der Waals surface area (Å²) in [7, 11) is 0. The summed E-state index contributed by atoms with van der Waals surface area (Å²) in [5.41, 5.74) is 8.95. The van der Waals surface area contributed by atoms with Crippen LogP contribution in [0.15, 0.2) is 48.5 Å². The minimum Gasteiger partial charge on any atom is -0.382 e. The van der Waals surface area contributed by atoms with Gasteiger partial charge in [0.2, 0.25) is 5.78 Å². The molecule has 0 amide bonds. The lowest BCUT2D eigenvalue weighted by atomic mass is 10.1. The number of nitrogens with zero attached hydrogens (tertiary/aromatic N) is 1. The lowest BCUT2D eigenvalue weighted by Gasteiger charge is -2.01. The Hall–Kier alpha value is -3.19. The van der Waals surface area contributed by atoms with Gasteiger partial charge in [0.05, 0.1) is 5.56 Å². The second kappa shape index (κ2) is 6.27. The van der Waals surface area contributed by atoms with Gasteiger partial charge in [0.25, 0.3) is 0 Å². The predicted molar refractivity (Wildman–Crippen MR) is 103 cm³/mol. The van der Waals surface area contributed by atoms with E-state index in [1.165, 1.54) is 23.5 Å². The van der Waals surface area contributed by atoms with Crippen molar-refractivity contribution >= 4 is 44.7 Å². The number of ketones is 1. The Balaban J connectivity index is 1.69. The third-order valence-electron chi connectivity index (χ3n) is 4.08. The Morgan fingerprint density at radius 2 is 1.92 bits per heavy atom. The van der Waals surface area contributed by atoms with Crippen LogP contribution in [0.1, 0.15) is 20.9 Å². The van der Waals surface area contributed by atoms with Crippen molar-refractivity contribution in [3.8, 4) is 0 Å². The number of benzene rings is 2. The molecule has 0 aliphatic rings. The van der Waals surface area contributed by atoms with Crippen LogP contribution in [0.5, 0.6) is 0 Å². The van der Waals surface area contributed by atoms with Crippen molar-refractivity contribution in [3.63, 3.8) is 0 Å². The number of nitrogen functional groups attached to an aromatic ring is 1. The maximum absolute atomic E-state index is 13.1. The fourth-order valence-electron chi connectivity index (χ4n) is 2.89. The van der Waals surface area contributed by atoms with E-state index >= 15 is 0 Å². The molecule has 4 aromatic rings. The van der Waals surface area contributed by atoms with Crippen molar-refractivity contribution in [2.24, 2.45) is 0 Å². The molecule has 0 fully saturated rings. The molecule has 0 spiro atoms. The summed E-state index contributed by atoms with van der Waals surface area (Å²) in [5, 5.41) is 4.38. The summed E-state index contributed by atoms with van der Waals surface area (Å²) in [5.74, 6) is -0.309. The van der Waals surface area contributed by atoms with Gasteiger partial charge < -0.3 is 16.0 Å². The van der Waals surface area contributed by atoms with Crippen LogP contribution in [0, 0.1) is 12.7 Å². The average Bonchev–Trinajstić information content (AvgIpc) is 3.15. The van der Waals surface area contributed by atoms with E-state index in [0.29, 0.717) is 21.3 Å². The highest BCUT2D eigenvalue weighted by Crippen LogP contribution is 2.32. The molecule has 4 rings (SSSR count). The van der Waals surface area contributed by atoms with Crippen LogP contribution in [0.3, 0.4) is 0 Å². The average molecular weight is 366 g/mol. The SMILES string of the molecule is Cc1[nH]c2ccccc2c1C(=O)c1sc(Nc2ccc(F)cc2)nc1N.